The number of ketones is 1. The first-order chi connectivity index (χ1) is 6.86. The van der Waals surface area contributed by atoms with Crippen LogP contribution in [0.3, 0.4) is 0 Å². The van der Waals surface area contributed by atoms with Gasteiger partial charge < -0.3 is 4.74 Å². The molecule has 0 aromatic heterocycles. The van der Waals surface area contributed by atoms with Gasteiger partial charge >= 0.3 is 0 Å². The van der Waals surface area contributed by atoms with Crippen molar-refractivity contribution in [3.8, 4) is 0 Å². The van der Waals surface area contributed by atoms with Crippen LogP contribution < -0.4 is 0 Å². The van der Waals surface area contributed by atoms with Crippen molar-refractivity contribution in [2.45, 2.75) is 32.0 Å². The van der Waals surface area contributed by atoms with Crippen LogP contribution in [0.1, 0.15) is 27.7 Å². The number of carbonyl (C=O) groups is 1. The zero-order valence-electron chi connectivity index (χ0n) is 9.90. The fraction of sp³-hybridized carbons (Fsp3) is 0.583. The Hall–Kier alpha value is -0.410. The van der Waals surface area contributed by atoms with E-state index in [9.17, 15) is 4.79 Å². The number of methoxy groups -OCH3 is 1. The summed E-state index contributed by atoms with van der Waals surface area (Å²) in [7, 11) is 1.67. The van der Waals surface area contributed by atoms with Gasteiger partial charge in [0.05, 0.1) is 10.9 Å². The Bertz CT molecular complexity index is 336. The third-order valence-corrected chi connectivity index (χ3v) is 4.76. The second kappa shape index (κ2) is 4.22. The molecule has 0 saturated carbocycles. The van der Waals surface area contributed by atoms with Crippen LogP contribution in [0, 0.1) is 0 Å². The van der Waals surface area contributed by atoms with Crippen LogP contribution in [-0.2, 0) is 9.53 Å². The number of alkyl halides is 1. The van der Waals surface area contributed by atoms with Gasteiger partial charge in [0.2, 0.25) is 0 Å². The third kappa shape index (κ3) is 1.83. The minimum absolute atomic E-state index is 0.149. The maximum absolute atomic E-state index is 11.9. The molecule has 0 radical (unpaired) electrons. The minimum Gasteiger partial charge on any atom is -0.383 e. The average molecular weight is 273 g/mol. The normalized spacial score (nSPS) is 21.3. The maximum atomic E-state index is 11.9. The van der Waals surface area contributed by atoms with E-state index in [0.29, 0.717) is 6.61 Å². The highest BCUT2D eigenvalue weighted by Gasteiger charge is 2.38. The highest BCUT2D eigenvalue weighted by Crippen LogP contribution is 2.42. The highest BCUT2D eigenvalue weighted by molar-refractivity contribution is 9.10. The first kappa shape index (κ1) is 12.7. The van der Waals surface area contributed by atoms with Gasteiger partial charge in [0.25, 0.3) is 0 Å². The molecule has 2 nitrogen and oxygen atoms in total. The molecule has 0 aliphatic heterocycles. The van der Waals surface area contributed by atoms with Gasteiger partial charge in [-0.1, -0.05) is 15.9 Å². The molecule has 0 aromatic carbocycles. The molecule has 3 heteroatoms. The maximum Gasteiger partial charge on any atom is 0.184 e. The van der Waals surface area contributed by atoms with E-state index in [4.69, 9.17) is 4.74 Å². The topological polar surface area (TPSA) is 26.3 Å². The second-order valence-corrected chi connectivity index (χ2v) is 5.42. The van der Waals surface area contributed by atoms with E-state index < -0.39 is 0 Å². The number of allylic oxidation sites excluding steroid dienone is 2. The monoisotopic (exact) mass is 272 g/mol. The van der Waals surface area contributed by atoms with Gasteiger partial charge in [0.15, 0.2) is 5.78 Å². The fourth-order valence-electron chi connectivity index (χ4n) is 1.91. The zero-order chi connectivity index (χ0) is 11.8. The van der Waals surface area contributed by atoms with E-state index in [1.807, 2.05) is 27.7 Å². The van der Waals surface area contributed by atoms with Crippen LogP contribution in [0.15, 0.2) is 22.3 Å². The molecular weight excluding hydrogens is 256 g/mol. The number of hydrogen-bond donors (Lipinski definition) is 0. The van der Waals surface area contributed by atoms with E-state index in [1.54, 1.807) is 7.11 Å². The summed E-state index contributed by atoms with van der Waals surface area (Å²) in [6, 6.07) is 0. The molecular formula is C12H17BrO2. The van der Waals surface area contributed by atoms with Crippen molar-refractivity contribution in [1.82, 2.24) is 0 Å². The summed E-state index contributed by atoms with van der Waals surface area (Å²) in [5.41, 5.74) is 3.76. The number of ether oxygens (including phenoxy) is 1. The lowest BCUT2D eigenvalue weighted by Crippen LogP contribution is -2.36. The van der Waals surface area contributed by atoms with Crippen molar-refractivity contribution in [1.29, 1.82) is 0 Å². The molecule has 0 aromatic rings. The molecule has 1 aliphatic carbocycles. The lowest BCUT2D eigenvalue weighted by molar-refractivity contribution is -0.112. The Labute approximate surface area is 99.5 Å². The average Bonchev–Trinajstić information content (AvgIpc) is 2.22. The van der Waals surface area contributed by atoms with Gasteiger partial charge in [-0.05, 0) is 50.0 Å². The van der Waals surface area contributed by atoms with E-state index in [-0.39, 0.29) is 10.1 Å². The van der Waals surface area contributed by atoms with Crippen LogP contribution in [0.4, 0.5) is 0 Å². The van der Waals surface area contributed by atoms with Crippen LogP contribution in [-0.4, -0.2) is 23.8 Å². The molecule has 0 fully saturated rings. The standard InChI is InChI=1S/C12H17BrO2/c1-7-9(3)12(13,6-15-5)10(4)8(2)11(7)14/h6H2,1-5H3. The lowest BCUT2D eigenvalue weighted by Gasteiger charge is -2.35. The SMILES string of the molecule is COCC1(Br)C(C)=C(C)C(=O)C(C)=C1C. The van der Waals surface area contributed by atoms with E-state index in [0.717, 1.165) is 22.3 Å². The Morgan fingerprint density at radius 1 is 1.13 bits per heavy atom. The number of rotatable bonds is 2. The largest absolute Gasteiger partial charge is 0.383 e. The van der Waals surface area contributed by atoms with Gasteiger partial charge in [-0.2, -0.15) is 0 Å². The Kier molecular flexibility index (Phi) is 3.56. The molecule has 0 unspecified atom stereocenters. The quantitative estimate of drug-likeness (QED) is 0.723. The lowest BCUT2D eigenvalue weighted by atomic mass is 9.79. The molecule has 0 heterocycles. The highest BCUT2D eigenvalue weighted by atomic mass is 79.9. The summed E-state index contributed by atoms with van der Waals surface area (Å²) in [5, 5.41) is 0. The van der Waals surface area contributed by atoms with Gasteiger partial charge in [-0.15, -0.1) is 0 Å². The number of hydrogen-bond acceptors (Lipinski definition) is 2. The van der Waals surface area contributed by atoms with Crippen LogP contribution in [0.2, 0.25) is 0 Å². The van der Waals surface area contributed by atoms with E-state index in [2.05, 4.69) is 15.9 Å². The number of halogens is 1. The molecule has 0 atom stereocenters. The van der Waals surface area contributed by atoms with Crippen molar-refractivity contribution < 1.29 is 9.53 Å². The third-order valence-electron chi connectivity index (χ3n) is 3.34. The van der Waals surface area contributed by atoms with Crippen molar-refractivity contribution >= 4 is 21.7 Å². The van der Waals surface area contributed by atoms with Crippen LogP contribution >= 0.6 is 15.9 Å². The minimum atomic E-state index is -0.302. The summed E-state index contributed by atoms with van der Waals surface area (Å²) < 4.78 is 4.93. The Morgan fingerprint density at radius 2 is 1.53 bits per heavy atom. The predicted octanol–water partition coefficient (Wildman–Crippen LogP) is 3.02. The molecule has 15 heavy (non-hydrogen) atoms. The molecule has 84 valence electrons. The zero-order valence-corrected chi connectivity index (χ0v) is 11.5. The Morgan fingerprint density at radius 3 is 1.87 bits per heavy atom. The summed E-state index contributed by atoms with van der Waals surface area (Å²) in [6.07, 6.45) is 0. The summed E-state index contributed by atoms with van der Waals surface area (Å²) in [4.78, 5) is 11.9. The number of Topliss-reactive ketones (excluding diaryl/α,β-unsaturated/α-hetero) is 1. The van der Waals surface area contributed by atoms with E-state index >= 15 is 0 Å². The van der Waals surface area contributed by atoms with Gasteiger partial charge in [0, 0.05) is 7.11 Å². The second-order valence-electron chi connectivity index (χ2n) is 4.06. The van der Waals surface area contributed by atoms with Crippen molar-refractivity contribution in [3.63, 3.8) is 0 Å². The Balaban J connectivity index is 3.33. The number of carbonyl (C=O) groups excluding carboxylic acids is 1. The molecule has 0 spiro atoms. The molecule has 1 rings (SSSR count). The first-order valence-corrected chi connectivity index (χ1v) is 5.74. The van der Waals surface area contributed by atoms with Gasteiger partial charge in [-0.3, -0.25) is 4.79 Å². The summed E-state index contributed by atoms with van der Waals surface area (Å²) in [6.45, 7) is 8.26. The summed E-state index contributed by atoms with van der Waals surface area (Å²) >= 11 is 3.70. The molecule has 0 amide bonds. The first-order valence-electron chi connectivity index (χ1n) is 4.94. The van der Waals surface area contributed by atoms with Gasteiger partial charge in [-0.25, -0.2) is 0 Å². The van der Waals surface area contributed by atoms with Gasteiger partial charge in [0.1, 0.15) is 0 Å². The fourth-order valence-corrected chi connectivity index (χ4v) is 2.74. The molecule has 0 N–H and O–H groups in total. The molecule has 1 aliphatic rings. The van der Waals surface area contributed by atoms with E-state index in [1.165, 1.54) is 0 Å². The summed E-state index contributed by atoms with van der Waals surface area (Å²) in [5.74, 6) is 0.149. The predicted molar refractivity (Wildman–Crippen MR) is 65.3 cm³/mol. The van der Waals surface area contributed by atoms with Crippen molar-refractivity contribution in [2.24, 2.45) is 0 Å². The van der Waals surface area contributed by atoms with Crippen molar-refractivity contribution in [3.05, 3.63) is 22.3 Å². The molecule has 0 bridgehead atoms. The smallest absolute Gasteiger partial charge is 0.184 e. The molecule has 0 saturated heterocycles. The van der Waals surface area contributed by atoms with Crippen LogP contribution in [0.25, 0.3) is 0 Å². The van der Waals surface area contributed by atoms with Crippen LogP contribution in [0.5, 0.6) is 0 Å². The van der Waals surface area contributed by atoms with Crippen molar-refractivity contribution in [2.75, 3.05) is 13.7 Å².